The molecular weight excluding hydrogens is 282 g/mol. The third-order valence-corrected chi connectivity index (χ3v) is 3.18. The average Bonchev–Trinajstić information content (AvgIpc) is 3.19. The fourth-order valence-corrected chi connectivity index (χ4v) is 2.05. The number of benzene rings is 1. The Bertz CT molecular complexity index is 778. The predicted molar refractivity (Wildman–Crippen MR) is 79.1 cm³/mol. The lowest BCUT2D eigenvalue weighted by molar-refractivity contribution is 0.0904. The first kappa shape index (κ1) is 14.1. The van der Waals surface area contributed by atoms with E-state index in [1.807, 2.05) is 31.2 Å². The van der Waals surface area contributed by atoms with E-state index >= 15 is 0 Å². The van der Waals surface area contributed by atoms with Gasteiger partial charge in [0.1, 0.15) is 6.04 Å². The molecule has 0 aliphatic rings. The van der Waals surface area contributed by atoms with Crippen LogP contribution < -0.4 is 5.32 Å². The Balaban J connectivity index is 1.74. The van der Waals surface area contributed by atoms with E-state index in [-0.39, 0.29) is 11.7 Å². The van der Waals surface area contributed by atoms with Gasteiger partial charge in [-0.3, -0.25) is 4.79 Å². The largest absolute Gasteiger partial charge is 0.459 e. The van der Waals surface area contributed by atoms with Gasteiger partial charge in [-0.15, -0.1) is 0 Å². The number of rotatable bonds is 4. The van der Waals surface area contributed by atoms with Crippen LogP contribution in [0.15, 0.2) is 51.6 Å². The van der Waals surface area contributed by atoms with Crippen molar-refractivity contribution in [3.8, 4) is 11.4 Å². The summed E-state index contributed by atoms with van der Waals surface area (Å²) in [6.45, 7) is 3.77. The van der Waals surface area contributed by atoms with Gasteiger partial charge in [0, 0.05) is 5.56 Å². The van der Waals surface area contributed by atoms with Gasteiger partial charge in [-0.2, -0.15) is 4.98 Å². The van der Waals surface area contributed by atoms with Gasteiger partial charge >= 0.3 is 0 Å². The molecule has 0 spiro atoms. The van der Waals surface area contributed by atoms with E-state index in [0.29, 0.717) is 11.7 Å². The number of aryl methyl sites for hydroxylation is 1. The zero-order valence-corrected chi connectivity index (χ0v) is 12.2. The summed E-state index contributed by atoms with van der Waals surface area (Å²) in [5.74, 6) is 0.757. The Hall–Kier alpha value is -2.89. The standard InChI is InChI=1S/C16H15N3O3/c1-10-5-3-6-12(9-10)14-18-16(22-19-14)11(2)17-15(20)13-7-4-8-21-13/h3-9,11H,1-2H3,(H,17,20)/t11-/m0/s1. The Kier molecular flexibility index (Phi) is 3.74. The number of carbonyl (C=O) groups excluding carboxylic acids is 1. The summed E-state index contributed by atoms with van der Waals surface area (Å²) in [6, 6.07) is 10.6. The maximum absolute atomic E-state index is 11.9. The van der Waals surface area contributed by atoms with Gasteiger partial charge in [0.2, 0.25) is 11.7 Å². The molecule has 0 saturated heterocycles. The molecule has 0 unspecified atom stereocenters. The maximum Gasteiger partial charge on any atom is 0.287 e. The van der Waals surface area contributed by atoms with Crippen LogP contribution in [0.3, 0.4) is 0 Å². The van der Waals surface area contributed by atoms with Crippen molar-refractivity contribution in [3.05, 3.63) is 59.9 Å². The Morgan fingerprint density at radius 3 is 2.86 bits per heavy atom. The minimum absolute atomic E-state index is 0.241. The van der Waals surface area contributed by atoms with E-state index in [4.69, 9.17) is 8.94 Å². The SMILES string of the molecule is Cc1cccc(-c2noc([C@H](C)NC(=O)c3ccco3)n2)c1. The van der Waals surface area contributed by atoms with Crippen molar-refractivity contribution in [2.24, 2.45) is 0 Å². The molecule has 1 atom stereocenters. The smallest absolute Gasteiger partial charge is 0.287 e. The number of furan rings is 1. The molecule has 112 valence electrons. The second-order valence-corrected chi connectivity index (χ2v) is 5.00. The molecule has 1 aromatic carbocycles. The fourth-order valence-electron chi connectivity index (χ4n) is 2.05. The molecule has 22 heavy (non-hydrogen) atoms. The molecule has 2 aromatic heterocycles. The Morgan fingerprint density at radius 2 is 2.14 bits per heavy atom. The molecule has 0 fully saturated rings. The molecule has 0 radical (unpaired) electrons. The molecule has 6 heteroatoms. The number of nitrogens with zero attached hydrogens (tertiary/aromatic N) is 2. The van der Waals surface area contributed by atoms with Gasteiger partial charge in [0.15, 0.2) is 5.76 Å². The number of hydrogen-bond donors (Lipinski definition) is 1. The van der Waals surface area contributed by atoms with E-state index in [0.717, 1.165) is 11.1 Å². The maximum atomic E-state index is 11.9. The molecule has 1 amide bonds. The molecule has 0 bridgehead atoms. The van der Waals surface area contributed by atoms with E-state index in [1.165, 1.54) is 6.26 Å². The number of carbonyl (C=O) groups is 1. The topological polar surface area (TPSA) is 81.2 Å². The predicted octanol–water partition coefficient (Wildman–Crippen LogP) is 3.13. The summed E-state index contributed by atoms with van der Waals surface area (Å²) < 4.78 is 10.3. The quantitative estimate of drug-likeness (QED) is 0.800. The fraction of sp³-hybridized carbons (Fsp3) is 0.188. The monoisotopic (exact) mass is 297 g/mol. The number of hydrogen-bond acceptors (Lipinski definition) is 5. The Labute approximate surface area is 127 Å². The van der Waals surface area contributed by atoms with Crippen LogP contribution in [-0.4, -0.2) is 16.0 Å². The molecule has 3 aromatic rings. The van der Waals surface area contributed by atoms with Gasteiger partial charge < -0.3 is 14.3 Å². The normalized spacial score (nSPS) is 12.1. The summed E-state index contributed by atoms with van der Waals surface area (Å²) in [5, 5.41) is 6.70. The molecule has 0 saturated carbocycles. The van der Waals surface area contributed by atoms with Crippen molar-refractivity contribution in [2.75, 3.05) is 0 Å². The zero-order chi connectivity index (χ0) is 15.5. The molecule has 1 N–H and O–H groups in total. The van der Waals surface area contributed by atoms with E-state index < -0.39 is 6.04 Å². The van der Waals surface area contributed by atoms with Crippen LogP contribution in [0.5, 0.6) is 0 Å². The number of aromatic nitrogens is 2. The molecular formula is C16H15N3O3. The van der Waals surface area contributed by atoms with Gasteiger partial charge in [0.25, 0.3) is 5.91 Å². The summed E-state index contributed by atoms with van der Waals surface area (Å²) in [6.07, 6.45) is 1.45. The van der Waals surface area contributed by atoms with Crippen LogP contribution in [0.25, 0.3) is 11.4 Å². The molecule has 2 heterocycles. The molecule has 0 aliphatic carbocycles. The lowest BCUT2D eigenvalue weighted by Gasteiger charge is -2.07. The first-order valence-corrected chi connectivity index (χ1v) is 6.88. The van der Waals surface area contributed by atoms with Crippen molar-refractivity contribution < 1.29 is 13.7 Å². The third kappa shape index (κ3) is 2.90. The minimum atomic E-state index is -0.413. The average molecular weight is 297 g/mol. The first-order chi connectivity index (χ1) is 10.6. The van der Waals surface area contributed by atoms with Gasteiger partial charge in [0.05, 0.1) is 6.26 Å². The minimum Gasteiger partial charge on any atom is -0.459 e. The highest BCUT2D eigenvalue weighted by atomic mass is 16.5. The highest BCUT2D eigenvalue weighted by molar-refractivity contribution is 5.91. The Morgan fingerprint density at radius 1 is 1.27 bits per heavy atom. The van der Waals surface area contributed by atoms with Crippen LogP contribution in [0.4, 0.5) is 0 Å². The van der Waals surface area contributed by atoms with Gasteiger partial charge in [-0.25, -0.2) is 0 Å². The van der Waals surface area contributed by atoms with Crippen molar-refractivity contribution in [1.82, 2.24) is 15.5 Å². The van der Waals surface area contributed by atoms with Crippen molar-refractivity contribution >= 4 is 5.91 Å². The number of nitrogens with one attached hydrogen (secondary N) is 1. The summed E-state index contributed by atoms with van der Waals surface area (Å²) in [5.41, 5.74) is 1.99. The molecule has 6 nitrogen and oxygen atoms in total. The second kappa shape index (κ2) is 5.85. The van der Waals surface area contributed by atoms with Crippen molar-refractivity contribution in [2.45, 2.75) is 19.9 Å². The van der Waals surface area contributed by atoms with Crippen LogP contribution >= 0.6 is 0 Å². The second-order valence-electron chi connectivity index (χ2n) is 5.00. The van der Waals surface area contributed by atoms with Crippen molar-refractivity contribution in [1.29, 1.82) is 0 Å². The highest BCUT2D eigenvalue weighted by Gasteiger charge is 2.19. The summed E-state index contributed by atoms with van der Waals surface area (Å²) >= 11 is 0. The highest BCUT2D eigenvalue weighted by Crippen LogP contribution is 2.19. The van der Waals surface area contributed by atoms with E-state index in [2.05, 4.69) is 15.5 Å². The van der Waals surface area contributed by atoms with Crippen LogP contribution in [0.1, 0.15) is 35.0 Å². The van der Waals surface area contributed by atoms with Crippen LogP contribution in [-0.2, 0) is 0 Å². The number of amides is 1. The summed E-state index contributed by atoms with van der Waals surface area (Å²) in [4.78, 5) is 16.2. The third-order valence-electron chi connectivity index (χ3n) is 3.18. The zero-order valence-electron chi connectivity index (χ0n) is 12.2. The van der Waals surface area contributed by atoms with E-state index in [9.17, 15) is 4.79 Å². The van der Waals surface area contributed by atoms with Crippen LogP contribution in [0, 0.1) is 6.92 Å². The van der Waals surface area contributed by atoms with Crippen LogP contribution in [0.2, 0.25) is 0 Å². The van der Waals surface area contributed by atoms with Gasteiger partial charge in [-0.05, 0) is 32.0 Å². The lowest BCUT2D eigenvalue weighted by Crippen LogP contribution is -2.26. The molecule has 0 aliphatic heterocycles. The molecule has 3 rings (SSSR count). The lowest BCUT2D eigenvalue weighted by atomic mass is 10.1. The first-order valence-electron chi connectivity index (χ1n) is 6.88. The van der Waals surface area contributed by atoms with Crippen molar-refractivity contribution in [3.63, 3.8) is 0 Å². The van der Waals surface area contributed by atoms with Gasteiger partial charge in [-0.1, -0.05) is 28.9 Å². The summed E-state index contributed by atoms with van der Waals surface area (Å²) in [7, 11) is 0. The van der Waals surface area contributed by atoms with E-state index in [1.54, 1.807) is 19.1 Å².